The minimum atomic E-state index is -0.742. The average Bonchev–Trinajstić information content (AvgIpc) is 3.32. The van der Waals surface area contributed by atoms with Crippen LogP contribution in [0.3, 0.4) is 0 Å². The lowest BCUT2D eigenvalue weighted by atomic mass is 9.77. The lowest BCUT2D eigenvalue weighted by Gasteiger charge is -2.32. The lowest BCUT2D eigenvalue weighted by molar-refractivity contribution is 0.00578. The van der Waals surface area contributed by atoms with Crippen molar-refractivity contribution in [2.24, 2.45) is 0 Å². The number of rotatable bonds is 6. The summed E-state index contributed by atoms with van der Waals surface area (Å²) in [5.41, 5.74) is 5.02. The van der Waals surface area contributed by atoms with Crippen LogP contribution in [0.2, 0.25) is 0 Å². The molecule has 1 N–H and O–H groups in total. The van der Waals surface area contributed by atoms with E-state index < -0.39 is 24.4 Å². The highest BCUT2D eigenvalue weighted by atomic mass is 19.1. The van der Waals surface area contributed by atoms with Crippen molar-refractivity contribution in [1.29, 1.82) is 0 Å². The van der Waals surface area contributed by atoms with Gasteiger partial charge in [-0.1, -0.05) is 72.8 Å². The Morgan fingerprint density at radius 2 is 1.53 bits per heavy atom. The minimum Gasteiger partial charge on any atom is -0.449 e. The van der Waals surface area contributed by atoms with E-state index >= 15 is 0 Å². The SMILES string of the molecule is Cc1cccc(C=C(CNC(=O)OCC2c3ccccc3-c3ccccc32)B2OC(C)(C)C(C)(C)O2)c1F. The number of nitrogens with one attached hydrogen (secondary N) is 1. The van der Waals surface area contributed by atoms with Gasteiger partial charge < -0.3 is 19.4 Å². The fourth-order valence-corrected chi connectivity index (χ4v) is 5.00. The molecule has 1 saturated heterocycles. The molecule has 1 heterocycles. The van der Waals surface area contributed by atoms with Crippen molar-refractivity contribution in [3.05, 3.63) is 100 Å². The first-order chi connectivity index (χ1) is 18.1. The summed E-state index contributed by atoms with van der Waals surface area (Å²) in [7, 11) is -0.742. The number of hydrogen-bond acceptors (Lipinski definition) is 4. The number of halogens is 1. The lowest BCUT2D eigenvalue weighted by Crippen LogP contribution is -2.41. The predicted molar refractivity (Wildman–Crippen MR) is 148 cm³/mol. The van der Waals surface area contributed by atoms with Crippen LogP contribution in [-0.4, -0.2) is 37.6 Å². The molecule has 3 aromatic rings. The first-order valence-electron chi connectivity index (χ1n) is 13.0. The Balaban J connectivity index is 1.31. The zero-order chi connectivity index (χ0) is 27.1. The van der Waals surface area contributed by atoms with Gasteiger partial charge in [0.15, 0.2) is 0 Å². The smallest absolute Gasteiger partial charge is 0.449 e. The van der Waals surface area contributed by atoms with Crippen LogP contribution < -0.4 is 5.32 Å². The summed E-state index contributed by atoms with van der Waals surface area (Å²) >= 11 is 0. The number of fused-ring (bicyclic) bond motifs is 3. The van der Waals surface area contributed by atoms with Crippen molar-refractivity contribution in [2.45, 2.75) is 51.7 Å². The van der Waals surface area contributed by atoms with E-state index in [9.17, 15) is 9.18 Å². The molecule has 1 fully saturated rings. The van der Waals surface area contributed by atoms with Gasteiger partial charge in [-0.05, 0) is 67.9 Å². The molecule has 3 aromatic carbocycles. The molecule has 38 heavy (non-hydrogen) atoms. The van der Waals surface area contributed by atoms with E-state index in [4.69, 9.17) is 14.0 Å². The van der Waals surface area contributed by atoms with Gasteiger partial charge in [-0.3, -0.25) is 0 Å². The number of carbonyl (C=O) groups is 1. The molecule has 2 aliphatic rings. The Kier molecular flexibility index (Phi) is 6.93. The summed E-state index contributed by atoms with van der Waals surface area (Å²) in [5, 5.41) is 2.83. The van der Waals surface area contributed by atoms with Crippen molar-refractivity contribution < 1.29 is 23.2 Å². The average molecular weight is 513 g/mol. The van der Waals surface area contributed by atoms with Crippen molar-refractivity contribution in [3.63, 3.8) is 0 Å². The summed E-state index contributed by atoms with van der Waals surface area (Å²) in [6.07, 6.45) is 1.13. The van der Waals surface area contributed by atoms with Crippen LogP contribution >= 0.6 is 0 Å². The second-order valence-electron chi connectivity index (χ2n) is 11.0. The molecule has 196 valence electrons. The topological polar surface area (TPSA) is 56.8 Å². The number of alkyl carbamates (subject to hydrolysis) is 1. The van der Waals surface area contributed by atoms with Crippen LogP contribution in [0.1, 0.15) is 55.9 Å². The van der Waals surface area contributed by atoms with Gasteiger partial charge in [0.25, 0.3) is 0 Å². The summed E-state index contributed by atoms with van der Waals surface area (Å²) in [6, 6.07) is 21.6. The number of carbonyl (C=O) groups excluding carboxylic acids is 1. The first-order valence-corrected chi connectivity index (χ1v) is 13.0. The number of ether oxygens (including phenoxy) is 1. The number of aryl methyl sites for hydroxylation is 1. The Labute approximate surface area is 224 Å². The van der Waals surface area contributed by atoms with Gasteiger partial charge in [-0.2, -0.15) is 0 Å². The van der Waals surface area contributed by atoms with Crippen molar-refractivity contribution in [2.75, 3.05) is 13.2 Å². The third kappa shape index (κ3) is 4.88. The van der Waals surface area contributed by atoms with E-state index in [1.165, 1.54) is 11.1 Å². The molecule has 1 aliphatic carbocycles. The monoisotopic (exact) mass is 513 g/mol. The number of hydrogen-bond donors (Lipinski definition) is 1. The van der Waals surface area contributed by atoms with E-state index in [1.807, 2.05) is 52.0 Å². The van der Waals surface area contributed by atoms with Gasteiger partial charge >= 0.3 is 13.2 Å². The molecule has 1 aliphatic heterocycles. The van der Waals surface area contributed by atoms with Crippen LogP contribution in [0, 0.1) is 12.7 Å². The normalized spacial score (nSPS) is 17.7. The minimum absolute atomic E-state index is 0.0346. The second kappa shape index (κ2) is 10.0. The van der Waals surface area contributed by atoms with Crippen molar-refractivity contribution >= 4 is 19.3 Å². The molecule has 7 heteroatoms. The van der Waals surface area contributed by atoms with Crippen LogP contribution in [0.4, 0.5) is 9.18 Å². The fourth-order valence-electron chi connectivity index (χ4n) is 5.00. The number of amides is 1. The summed E-state index contributed by atoms with van der Waals surface area (Å²) in [5.74, 6) is -0.352. The van der Waals surface area contributed by atoms with Crippen LogP contribution in [0.15, 0.2) is 72.2 Å². The zero-order valence-corrected chi connectivity index (χ0v) is 22.5. The molecule has 5 nitrogen and oxygen atoms in total. The van der Waals surface area contributed by atoms with Gasteiger partial charge in [0.1, 0.15) is 12.4 Å². The summed E-state index contributed by atoms with van der Waals surface area (Å²) in [6.45, 7) is 9.83. The standard InChI is InChI=1S/C31H33BFNO4/c1-20-11-10-12-21(28(20)33)17-22(32-37-30(2,3)31(4,5)38-32)18-34-29(35)36-19-27-25-15-8-6-13-23(25)24-14-7-9-16-26(24)27/h6-17,27H,18-19H2,1-5H3,(H,34,35). The third-order valence-corrected chi connectivity index (χ3v) is 7.90. The van der Waals surface area contributed by atoms with Gasteiger partial charge in [-0.15, -0.1) is 0 Å². The van der Waals surface area contributed by atoms with Crippen molar-refractivity contribution in [3.8, 4) is 11.1 Å². The Bertz CT molecular complexity index is 1340. The molecular weight excluding hydrogens is 480 g/mol. The Hall–Kier alpha value is -3.42. The second-order valence-corrected chi connectivity index (χ2v) is 11.0. The van der Waals surface area contributed by atoms with Gasteiger partial charge in [-0.25, -0.2) is 9.18 Å². The van der Waals surface area contributed by atoms with Crippen LogP contribution in [-0.2, 0) is 14.0 Å². The molecule has 0 saturated carbocycles. The van der Waals surface area contributed by atoms with Gasteiger partial charge in [0, 0.05) is 18.0 Å². The van der Waals surface area contributed by atoms with Gasteiger partial charge in [0.2, 0.25) is 0 Å². The quantitative estimate of drug-likeness (QED) is 0.374. The predicted octanol–water partition coefficient (Wildman–Crippen LogP) is 6.69. The molecule has 0 bridgehead atoms. The highest BCUT2D eigenvalue weighted by molar-refractivity contribution is 6.56. The van der Waals surface area contributed by atoms with Crippen LogP contribution in [0.25, 0.3) is 17.2 Å². The largest absolute Gasteiger partial charge is 0.492 e. The van der Waals surface area contributed by atoms with E-state index in [1.54, 1.807) is 31.2 Å². The highest BCUT2D eigenvalue weighted by Crippen LogP contribution is 2.44. The van der Waals surface area contributed by atoms with Gasteiger partial charge in [0.05, 0.1) is 11.2 Å². The molecular formula is C31H33BFNO4. The first kappa shape index (κ1) is 26.2. The molecule has 5 rings (SSSR count). The molecule has 0 spiro atoms. The highest BCUT2D eigenvalue weighted by Gasteiger charge is 2.52. The third-order valence-electron chi connectivity index (χ3n) is 7.90. The molecule has 0 aromatic heterocycles. The molecule has 1 amide bonds. The maximum atomic E-state index is 14.8. The molecule has 0 atom stereocenters. The van der Waals surface area contributed by atoms with Crippen LogP contribution in [0.5, 0.6) is 0 Å². The maximum Gasteiger partial charge on any atom is 0.492 e. The Morgan fingerprint density at radius 3 is 2.13 bits per heavy atom. The molecule has 0 radical (unpaired) electrons. The number of benzene rings is 3. The van der Waals surface area contributed by atoms with E-state index in [2.05, 4.69) is 29.6 Å². The van der Waals surface area contributed by atoms with E-state index in [-0.39, 0.29) is 24.9 Å². The zero-order valence-electron chi connectivity index (χ0n) is 22.5. The van der Waals surface area contributed by atoms with E-state index in [0.717, 1.165) is 11.1 Å². The summed E-state index contributed by atoms with van der Waals surface area (Å²) < 4.78 is 33.0. The molecule has 0 unspecified atom stereocenters. The fraction of sp³-hybridized carbons (Fsp3) is 0.323. The summed E-state index contributed by atoms with van der Waals surface area (Å²) in [4.78, 5) is 12.9. The Morgan fingerprint density at radius 1 is 0.947 bits per heavy atom. The van der Waals surface area contributed by atoms with E-state index in [0.29, 0.717) is 16.6 Å². The van der Waals surface area contributed by atoms with Crippen molar-refractivity contribution in [1.82, 2.24) is 5.32 Å². The maximum absolute atomic E-state index is 14.8.